The zero-order valence-electron chi connectivity index (χ0n) is 15.6. The first-order valence-electron chi connectivity index (χ1n) is 9.32. The van der Waals surface area contributed by atoms with Gasteiger partial charge in [0, 0.05) is 24.6 Å². The van der Waals surface area contributed by atoms with Crippen LogP contribution in [0.3, 0.4) is 0 Å². The van der Waals surface area contributed by atoms with Crippen molar-refractivity contribution in [3.05, 3.63) is 34.6 Å². The second kappa shape index (κ2) is 8.46. The average Bonchev–Trinajstić information content (AvgIpc) is 3.01. The first-order chi connectivity index (χ1) is 13.2. The maximum absolute atomic E-state index is 12.9. The second-order valence-electron chi connectivity index (χ2n) is 7.29. The minimum atomic E-state index is -4.20. The minimum Gasteiger partial charge on any atom is -0.353 e. The Morgan fingerprint density at radius 3 is 2.71 bits per heavy atom. The number of aromatic amines is 1. The van der Waals surface area contributed by atoms with Crippen LogP contribution < -0.4 is 5.32 Å². The molecule has 1 aliphatic carbocycles. The normalized spacial score (nSPS) is 20.1. The van der Waals surface area contributed by atoms with Gasteiger partial charge < -0.3 is 5.32 Å². The molecule has 28 heavy (non-hydrogen) atoms. The summed E-state index contributed by atoms with van der Waals surface area (Å²) >= 11 is 5.26. The number of aromatic nitrogens is 3. The molecule has 0 radical (unpaired) electrons. The SMILES string of the molecule is Cc1ccc(-c2n[nH]c(=S)n2CCC(=O)N[C@@H]2CCC[C@H](C(F)(F)F)C2)cc1. The summed E-state index contributed by atoms with van der Waals surface area (Å²) in [6.45, 7) is 2.29. The molecule has 5 nitrogen and oxygen atoms in total. The Hall–Kier alpha value is -2.16. The van der Waals surface area contributed by atoms with Crippen LogP contribution in [0.4, 0.5) is 13.2 Å². The van der Waals surface area contributed by atoms with Gasteiger partial charge in [0.2, 0.25) is 5.91 Å². The number of rotatable bonds is 5. The molecule has 1 aliphatic rings. The number of hydrogen-bond acceptors (Lipinski definition) is 3. The van der Waals surface area contributed by atoms with Crippen LogP contribution in [0.5, 0.6) is 0 Å². The Morgan fingerprint density at radius 2 is 2.04 bits per heavy atom. The third-order valence-corrected chi connectivity index (χ3v) is 5.44. The van der Waals surface area contributed by atoms with Crippen molar-refractivity contribution in [1.82, 2.24) is 20.1 Å². The summed E-state index contributed by atoms with van der Waals surface area (Å²) in [6.07, 6.45) is -2.93. The minimum absolute atomic E-state index is 0.0466. The summed E-state index contributed by atoms with van der Waals surface area (Å²) < 4.78 is 40.9. The Balaban J connectivity index is 1.60. The standard InChI is InChI=1S/C19H23F3N4OS/c1-12-5-7-13(8-6-12)17-24-25-18(28)26(17)10-9-16(27)23-15-4-2-3-14(11-15)19(20,21)22/h5-8,14-15H,2-4,9-11H2,1H3,(H,23,27)(H,25,28)/t14-,15+/m0/s1. The third-order valence-electron chi connectivity index (χ3n) is 5.13. The first kappa shape index (κ1) is 20.6. The molecule has 0 aliphatic heterocycles. The van der Waals surface area contributed by atoms with Gasteiger partial charge >= 0.3 is 6.18 Å². The summed E-state index contributed by atoms with van der Waals surface area (Å²) in [5.41, 5.74) is 1.99. The molecule has 1 fully saturated rings. The smallest absolute Gasteiger partial charge is 0.353 e. The van der Waals surface area contributed by atoms with Crippen molar-refractivity contribution in [2.24, 2.45) is 5.92 Å². The first-order valence-corrected chi connectivity index (χ1v) is 9.73. The van der Waals surface area contributed by atoms with Crippen LogP contribution in [0.15, 0.2) is 24.3 Å². The lowest BCUT2D eigenvalue weighted by molar-refractivity contribution is -0.184. The van der Waals surface area contributed by atoms with Crippen molar-refractivity contribution in [3.8, 4) is 11.4 Å². The molecule has 1 aromatic carbocycles. The van der Waals surface area contributed by atoms with Gasteiger partial charge in [-0.2, -0.15) is 18.3 Å². The van der Waals surface area contributed by atoms with E-state index in [0.717, 1.165) is 11.1 Å². The number of nitrogens with one attached hydrogen (secondary N) is 2. The van der Waals surface area contributed by atoms with Crippen LogP contribution in [0.25, 0.3) is 11.4 Å². The molecule has 1 aromatic heterocycles. The van der Waals surface area contributed by atoms with E-state index in [0.29, 0.717) is 30.0 Å². The highest BCUT2D eigenvalue weighted by atomic mass is 32.1. The predicted octanol–water partition coefficient (Wildman–Crippen LogP) is 4.54. The molecule has 2 atom stereocenters. The Morgan fingerprint density at radius 1 is 1.32 bits per heavy atom. The number of alkyl halides is 3. The molecule has 9 heteroatoms. The molecule has 1 heterocycles. The highest BCUT2D eigenvalue weighted by Gasteiger charge is 2.42. The maximum atomic E-state index is 12.9. The fourth-order valence-electron chi connectivity index (χ4n) is 3.58. The van der Waals surface area contributed by atoms with Crippen molar-refractivity contribution in [2.75, 3.05) is 0 Å². The Kier molecular flexibility index (Phi) is 6.22. The molecule has 0 saturated heterocycles. The van der Waals surface area contributed by atoms with Gasteiger partial charge in [-0.3, -0.25) is 14.5 Å². The van der Waals surface area contributed by atoms with Gasteiger partial charge in [0.15, 0.2) is 10.6 Å². The Bertz CT molecular complexity index is 873. The fourth-order valence-corrected chi connectivity index (χ4v) is 3.80. The van der Waals surface area contributed by atoms with Crippen molar-refractivity contribution in [2.45, 2.75) is 57.8 Å². The van der Waals surface area contributed by atoms with Crippen molar-refractivity contribution >= 4 is 18.1 Å². The summed E-state index contributed by atoms with van der Waals surface area (Å²) in [5.74, 6) is -0.972. The van der Waals surface area contributed by atoms with E-state index >= 15 is 0 Å². The van der Waals surface area contributed by atoms with E-state index in [2.05, 4.69) is 15.5 Å². The van der Waals surface area contributed by atoms with Crippen molar-refractivity contribution < 1.29 is 18.0 Å². The van der Waals surface area contributed by atoms with Crippen LogP contribution >= 0.6 is 12.2 Å². The quantitative estimate of drug-likeness (QED) is 0.709. The van der Waals surface area contributed by atoms with E-state index in [-0.39, 0.29) is 25.2 Å². The van der Waals surface area contributed by atoms with Gasteiger partial charge in [-0.15, -0.1) is 0 Å². The van der Waals surface area contributed by atoms with E-state index in [9.17, 15) is 18.0 Å². The van der Waals surface area contributed by atoms with E-state index < -0.39 is 18.1 Å². The number of halogens is 3. The number of carbonyl (C=O) groups is 1. The van der Waals surface area contributed by atoms with Gasteiger partial charge in [-0.25, -0.2) is 0 Å². The number of H-pyrrole nitrogens is 1. The van der Waals surface area contributed by atoms with E-state index in [4.69, 9.17) is 12.2 Å². The fraction of sp³-hybridized carbons (Fsp3) is 0.526. The van der Waals surface area contributed by atoms with Crippen molar-refractivity contribution in [1.29, 1.82) is 0 Å². The molecule has 2 aromatic rings. The molecular formula is C19H23F3N4OS. The lowest BCUT2D eigenvalue weighted by atomic mass is 9.85. The molecule has 0 bridgehead atoms. The lowest BCUT2D eigenvalue weighted by Crippen LogP contribution is -2.41. The summed E-state index contributed by atoms with van der Waals surface area (Å²) in [5, 5.41) is 9.72. The molecule has 1 saturated carbocycles. The van der Waals surface area contributed by atoms with E-state index in [1.165, 1.54) is 0 Å². The zero-order valence-corrected chi connectivity index (χ0v) is 16.4. The second-order valence-corrected chi connectivity index (χ2v) is 7.68. The number of nitrogens with zero attached hydrogens (tertiary/aromatic N) is 2. The molecule has 0 unspecified atom stereocenters. The summed E-state index contributed by atoms with van der Waals surface area (Å²) in [4.78, 5) is 12.3. The monoisotopic (exact) mass is 412 g/mol. The van der Waals surface area contributed by atoms with Crippen LogP contribution in [-0.4, -0.2) is 32.9 Å². The van der Waals surface area contributed by atoms with Crippen molar-refractivity contribution in [3.63, 3.8) is 0 Å². The molecule has 2 N–H and O–H groups in total. The van der Waals surface area contributed by atoms with Gasteiger partial charge in [-0.1, -0.05) is 36.2 Å². The topological polar surface area (TPSA) is 62.7 Å². The largest absolute Gasteiger partial charge is 0.391 e. The molecule has 0 spiro atoms. The van der Waals surface area contributed by atoms with Gasteiger partial charge in [0.05, 0.1) is 5.92 Å². The van der Waals surface area contributed by atoms with Crippen LogP contribution in [0, 0.1) is 17.6 Å². The maximum Gasteiger partial charge on any atom is 0.391 e. The summed E-state index contributed by atoms with van der Waals surface area (Å²) in [6, 6.07) is 7.35. The van der Waals surface area contributed by atoms with E-state index in [1.807, 2.05) is 31.2 Å². The third kappa shape index (κ3) is 5.01. The number of aryl methyl sites for hydroxylation is 1. The summed E-state index contributed by atoms with van der Waals surface area (Å²) in [7, 11) is 0. The molecule has 1 amide bonds. The highest BCUT2D eigenvalue weighted by molar-refractivity contribution is 7.71. The van der Waals surface area contributed by atoms with E-state index in [1.54, 1.807) is 4.57 Å². The number of benzene rings is 1. The highest BCUT2D eigenvalue weighted by Crippen LogP contribution is 2.37. The molecular weight excluding hydrogens is 389 g/mol. The van der Waals surface area contributed by atoms with Crippen LogP contribution in [0.1, 0.15) is 37.7 Å². The van der Waals surface area contributed by atoms with Gasteiger partial charge in [-0.05, 0) is 38.4 Å². The number of hydrogen-bond donors (Lipinski definition) is 2. The van der Waals surface area contributed by atoms with Crippen LogP contribution in [-0.2, 0) is 11.3 Å². The average molecular weight is 412 g/mol. The Labute approximate surface area is 166 Å². The number of carbonyl (C=O) groups excluding carboxylic acids is 1. The van der Waals surface area contributed by atoms with Crippen LogP contribution in [0.2, 0.25) is 0 Å². The van der Waals surface area contributed by atoms with Gasteiger partial charge in [0.1, 0.15) is 0 Å². The number of amides is 1. The lowest BCUT2D eigenvalue weighted by Gasteiger charge is -2.31. The molecule has 3 rings (SSSR count). The van der Waals surface area contributed by atoms with Gasteiger partial charge in [0.25, 0.3) is 0 Å². The zero-order chi connectivity index (χ0) is 20.3. The predicted molar refractivity (Wildman–Crippen MR) is 102 cm³/mol. The molecule has 152 valence electrons.